The molecule has 0 amide bonds. The molecule has 0 fully saturated rings. The third-order valence-corrected chi connectivity index (χ3v) is 4.25. The van der Waals surface area contributed by atoms with Crippen molar-refractivity contribution < 1.29 is 14.3 Å². The van der Waals surface area contributed by atoms with E-state index in [0.717, 1.165) is 0 Å². The fourth-order valence-electron chi connectivity index (χ4n) is 2.12. The number of hydrogen-bond acceptors (Lipinski definition) is 3. The van der Waals surface area contributed by atoms with Gasteiger partial charge in [0, 0.05) is 16.1 Å². The number of benzene rings is 1. The third kappa shape index (κ3) is 3.37. The second-order valence-electron chi connectivity index (χ2n) is 5.32. The van der Waals surface area contributed by atoms with Gasteiger partial charge < -0.3 is 10.8 Å². The number of hydrogen-bond donors (Lipinski definition) is 2. The molecule has 0 spiro atoms. The Labute approximate surface area is 147 Å². The van der Waals surface area contributed by atoms with E-state index in [1.807, 2.05) is 0 Å². The maximum atomic E-state index is 14.4. The number of aromatic nitrogens is 1. The van der Waals surface area contributed by atoms with Crippen molar-refractivity contribution in [3.05, 3.63) is 44.5 Å². The Kier molecular flexibility index (Phi) is 4.76. The zero-order chi connectivity index (χ0) is 17.5. The SMILES string of the molecule is CC(C)(F)c1c(Cl)ccc(-c2cc(N)c(Cl)c(C(=O)O)n2)c1Cl. The molecule has 122 valence electrons. The lowest BCUT2D eigenvalue weighted by Crippen LogP contribution is -2.12. The van der Waals surface area contributed by atoms with Crippen LogP contribution < -0.4 is 5.73 Å². The maximum Gasteiger partial charge on any atom is 0.356 e. The summed E-state index contributed by atoms with van der Waals surface area (Å²) in [5, 5.41) is 9.17. The van der Waals surface area contributed by atoms with Crippen molar-refractivity contribution >= 4 is 46.5 Å². The number of rotatable bonds is 3. The van der Waals surface area contributed by atoms with Crippen LogP contribution in [0.4, 0.5) is 10.1 Å². The molecule has 23 heavy (non-hydrogen) atoms. The normalized spacial score (nSPS) is 11.6. The number of halogens is 4. The van der Waals surface area contributed by atoms with Crippen LogP contribution in [-0.2, 0) is 5.67 Å². The van der Waals surface area contributed by atoms with Gasteiger partial charge in [-0.25, -0.2) is 14.2 Å². The Morgan fingerprint density at radius 1 is 1.26 bits per heavy atom. The Morgan fingerprint density at radius 2 is 1.87 bits per heavy atom. The number of alkyl halides is 1. The summed E-state index contributed by atoms with van der Waals surface area (Å²) < 4.78 is 14.4. The summed E-state index contributed by atoms with van der Waals surface area (Å²) in [7, 11) is 0. The predicted molar refractivity (Wildman–Crippen MR) is 90.2 cm³/mol. The van der Waals surface area contributed by atoms with Crippen LogP contribution in [0, 0.1) is 0 Å². The third-order valence-electron chi connectivity index (χ3n) is 3.15. The fourth-order valence-corrected chi connectivity index (χ4v) is 3.22. The first-order valence-electron chi connectivity index (χ1n) is 6.41. The molecule has 0 unspecified atom stereocenters. The van der Waals surface area contributed by atoms with Crippen LogP contribution in [0.5, 0.6) is 0 Å². The van der Waals surface area contributed by atoms with E-state index in [-0.39, 0.29) is 32.0 Å². The van der Waals surface area contributed by atoms with Crippen molar-refractivity contribution in [3.63, 3.8) is 0 Å². The van der Waals surface area contributed by atoms with Gasteiger partial charge in [-0.3, -0.25) is 0 Å². The van der Waals surface area contributed by atoms with E-state index in [1.165, 1.54) is 32.0 Å². The van der Waals surface area contributed by atoms with E-state index in [2.05, 4.69) is 4.98 Å². The van der Waals surface area contributed by atoms with Gasteiger partial charge in [0.15, 0.2) is 5.69 Å². The fraction of sp³-hybridized carbons (Fsp3) is 0.200. The van der Waals surface area contributed by atoms with Crippen LogP contribution in [0.15, 0.2) is 18.2 Å². The zero-order valence-corrected chi connectivity index (χ0v) is 14.4. The molecular formula is C15H12Cl3FN2O2. The van der Waals surface area contributed by atoms with Crippen molar-refractivity contribution in [2.45, 2.75) is 19.5 Å². The molecule has 3 N–H and O–H groups in total. The molecule has 0 radical (unpaired) electrons. The number of anilines is 1. The molecule has 0 bridgehead atoms. The van der Waals surface area contributed by atoms with Gasteiger partial charge in [-0.1, -0.05) is 34.8 Å². The highest BCUT2D eigenvalue weighted by Gasteiger charge is 2.28. The number of carboxylic acids is 1. The highest BCUT2D eigenvalue weighted by Crippen LogP contribution is 2.42. The number of pyridine rings is 1. The number of carboxylic acid groups (broad SMARTS) is 1. The number of carbonyl (C=O) groups is 1. The molecule has 4 nitrogen and oxygen atoms in total. The van der Waals surface area contributed by atoms with E-state index in [9.17, 15) is 9.18 Å². The quantitative estimate of drug-likeness (QED) is 0.771. The van der Waals surface area contributed by atoms with Gasteiger partial charge in [-0.2, -0.15) is 0 Å². The summed E-state index contributed by atoms with van der Waals surface area (Å²) in [4.78, 5) is 15.2. The van der Waals surface area contributed by atoms with E-state index in [0.29, 0.717) is 5.56 Å². The van der Waals surface area contributed by atoms with E-state index in [4.69, 9.17) is 45.6 Å². The molecule has 2 rings (SSSR count). The maximum absolute atomic E-state index is 14.4. The van der Waals surface area contributed by atoms with Crippen molar-refractivity contribution in [2.24, 2.45) is 0 Å². The van der Waals surface area contributed by atoms with Gasteiger partial charge in [0.05, 0.1) is 21.4 Å². The Bertz CT molecular complexity index is 804. The average Bonchev–Trinajstić information content (AvgIpc) is 2.40. The molecule has 0 aliphatic rings. The molecule has 0 saturated heterocycles. The first kappa shape index (κ1) is 17.8. The van der Waals surface area contributed by atoms with E-state index in [1.54, 1.807) is 0 Å². The lowest BCUT2D eigenvalue weighted by Gasteiger charge is -2.20. The molecule has 1 heterocycles. The second-order valence-corrected chi connectivity index (χ2v) is 6.48. The number of nitrogens with zero attached hydrogens (tertiary/aromatic N) is 1. The van der Waals surface area contributed by atoms with Gasteiger partial charge in [0.25, 0.3) is 0 Å². The summed E-state index contributed by atoms with van der Waals surface area (Å²) in [6.45, 7) is 2.63. The van der Waals surface area contributed by atoms with E-state index < -0.39 is 17.3 Å². The van der Waals surface area contributed by atoms with Crippen LogP contribution >= 0.6 is 34.8 Å². The molecular weight excluding hydrogens is 366 g/mol. The minimum Gasteiger partial charge on any atom is -0.476 e. The highest BCUT2D eigenvalue weighted by molar-refractivity contribution is 6.38. The van der Waals surface area contributed by atoms with Gasteiger partial charge in [0.1, 0.15) is 5.67 Å². The van der Waals surface area contributed by atoms with Crippen molar-refractivity contribution in [1.82, 2.24) is 4.98 Å². The van der Waals surface area contributed by atoms with Crippen LogP contribution in [0.25, 0.3) is 11.3 Å². The molecule has 0 aliphatic carbocycles. The van der Waals surface area contributed by atoms with Gasteiger partial charge in [-0.05, 0) is 32.0 Å². The molecule has 8 heteroatoms. The van der Waals surface area contributed by atoms with Crippen molar-refractivity contribution in [2.75, 3.05) is 5.73 Å². The Balaban J connectivity index is 2.76. The first-order valence-corrected chi connectivity index (χ1v) is 7.54. The summed E-state index contributed by atoms with van der Waals surface area (Å²) in [5.74, 6) is -1.33. The minimum absolute atomic E-state index is 0.0288. The van der Waals surface area contributed by atoms with Crippen LogP contribution in [-0.4, -0.2) is 16.1 Å². The van der Waals surface area contributed by atoms with Crippen LogP contribution in [0.2, 0.25) is 15.1 Å². The molecule has 1 aromatic carbocycles. The van der Waals surface area contributed by atoms with Crippen LogP contribution in [0.1, 0.15) is 29.9 Å². The lowest BCUT2D eigenvalue weighted by molar-refractivity contribution is 0.0691. The van der Waals surface area contributed by atoms with E-state index >= 15 is 0 Å². The molecule has 0 saturated carbocycles. The molecule has 0 atom stereocenters. The summed E-state index contributed by atoms with van der Waals surface area (Å²) in [6, 6.07) is 4.35. The Hall–Kier alpha value is -1.56. The Morgan fingerprint density at radius 3 is 2.39 bits per heavy atom. The monoisotopic (exact) mass is 376 g/mol. The standard InChI is InChI=1S/C15H12Cl3FN2O2/c1-15(2,19)10-7(16)4-3-6(11(10)17)9-5-8(20)12(18)13(21-9)14(22)23/h3-5H,1-2H3,(H2,20,21)(H,22,23). The molecule has 1 aromatic heterocycles. The predicted octanol–water partition coefficient (Wildman–Crippen LogP) is 5.19. The van der Waals surface area contributed by atoms with Crippen LogP contribution in [0.3, 0.4) is 0 Å². The summed E-state index contributed by atoms with van der Waals surface area (Å²) in [6.07, 6.45) is 0. The highest BCUT2D eigenvalue weighted by atomic mass is 35.5. The molecule has 0 aliphatic heterocycles. The summed E-state index contributed by atoms with van der Waals surface area (Å²) in [5.41, 5.74) is 4.11. The first-order chi connectivity index (χ1) is 10.5. The van der Waals surface area contributed by atoms with Gasteiger partial charge >= 0.3 is 5.97 Å². The lowest BCUT2D eigenvalue weighted by atomic mass is 9.96. The minimum atomic E-state index is -1.79. The molecule has 2 aromatic rings. The van der Waals surface area contributed by atoms with Gasteiger partial charge in [0.2, 0.25) is 0 Å². The van der Waals surface area contributed by atoms with Crippen molar-refractivity contribution in [1.29, 1.82) is 0 Å². The number of aromatic carboxylic acids is 1. The van der Waals surface area contributed by atoms with Crippen molar-refractivity contribution in [3.8, 4) is 11.3 Å². The topological polar surface area (TPSA) is 76.2 Å². The van der Waals surface area contributed by atoms with Gasteiger partial charge in [-0.15, -0.1) is 0 Å². The average molecular weight is 378 g/mol. The largest absolute Gasteiger partial charge is 0.476 e. The number of nitrogen functional groups attached to an aromatic ring is 1. The number of nitrogens with two attached hydrogens (primary N) is 1. The second kappa shape index (κ2) is 6.15. The zero-order valence-electron chi connectivity index (χ0n) is 12.1. The summed E-state index contributed by atoms with van der Waals surface area (Å²) >= 11 is 18.1. The smallest absolute Gasteiger partial charge is 0.356 e.